The van der Waals surface area contributed by atoms with Crippen LogP contribution in [-0.2, 0) is 11.2 Å². The summed E-state index contributed by atoms with van der Waals surface area (Å²) in [4.78, 5) is 14.9. The van der Waals surface area contributed by atoms with E-state index in [4.69, 9.17) is 0 Å². The largest absolute Gasteiger partial charge is 0.508 e. The summed E-state index contributed by atoms with van der Waals surface area (Å²) in [6.07, 6.45) is 5.01. The van der Waals surface area contributed by atoms with Crippen molar-refractivity contribution in [2.24, 2.45) is 5.92 Å². The third-order valence-corrected chi connectivity index (χ3v) is 5.83. The molecule has 1 aliphatic carbocycles. The molecule has 0 radical (unpaired) electrons. The molecule has 0 spiro atoms. The normalized spacial score (nSPS) is 27.2. The first kappa shape index (κ1) is 16.4. The molecule has 132 valence electrons. The molecule has 2 aromatic carbocycles. The number of nitrogens with zero attached hydrogens (tertiary/aromatic N) is 1. The molecule has 1 saturated carbocycles. The number of benzene rings is 2. The third-order valence-electron chi connectivity index (χ3n) is 5.83. The highest BCUT2D eigenvalue weighted by atomic mass is 16.3. The maximum absolute atomic E-state index is 12.8. The van der Waals surface area contributed by atoms with Crippen molar-refractivity contribution in [1.82, 2.24) is 4.90 Å². The fraction of sp³-hybridized carbons (Fsp3) is 0.476. The summed E-state index contributed by atoms with van der Waals surface area (Å²) in [5.74, 6) is 0.632. The molecular formula is C21H25NO3. The topological polar surface area (TPSA) is 60.8 Å². The zero-order chi connectivity index (χ0) is 17.4. The summed E-state index contributed by atoms with van der Waals surface area (Å²) in [6.45, 7) is 0.853. The minimum Gasteiger partial charge on any atom is -0.508 e. The van der Waals surface area contributed by atoms with Gasteiger partial charge in [-0.25, -0.2) is 0 Å². The highest BCUT2D eigenvalue weighted by molar-refractivity contribution is 5.85. The second-order valence-corrected chi connectivity index (χ2v) is 7.55. The molecule has 2 fully saturated rings. The number of aliphatic hydroxyl groups is 1. The first-order valence-electron chi connectivity index (χ1n) is 9.30. The molecule has 1 saturated heterocycles. The van der Waals surface area contributed by atoms with Gasteiger partial charge in [0.2, 0.25) is 5.91 Å². The van der Waals surface area contributed by atoms with Gasteiger partial charge < -0.3 is 15.1 Å². The van der Waals surface area contributed by atoms with Crippen LogP contribution in [0.5, 0.6) is 5.75 Å². The number of phenolic OH excluding ortho intramolecular Hbond substituents is 1. The number of phenols is 1. The van der Waals surface area contributed by atoms with E-state index in [0.29, 0.717) is 6.04 Å². The fourth-order valence-electron chi connectivity index (χ4n) is 4.38. The van der Waals surface area contributed by atoms with E-state index in [0.717, 1.165) is 55.8 Å². The lowest BCUT2D eigenvalue weighted by molar-refractivity contribution is -0.133. The van der Waals surface area contributed by atoms with Gasteiger partial charge in [-0.15, -0.1) is 0 Å². The Bertz CT molecular complexity index is 780. The predicted molar refractivity (Wildman–Crippen MR) is 97.4 cm³/mol. The van der Waals surface area contributed by atoms with Gasteiger partial charge in [0.1, 0.15) is 5.75 Å². The van der Waals surface area contributed by atoms with E-state index >= 15 is 0 Å². The van der Waals surface area contributed by atoms with E-state index in [1.54, 1.807) is 12.1 Å². The first-order valence-corrected chi connectivity index (χ1v) is 9.30. The van der Waals surface area contributed by atoms with Crippen molar-refractivity contribution in [2.75, 3.05) is 6.54 Å². The van der Waals surface area contributed by atoms with Gasteiger partial charge in [0.05, 0.1) is 6.10 Å². The number of hydrogen-bond donors (Lipinski definition) is 2. The number of likely N-dealkylation sites (tertiary alicyclic amines) is 1. The predicted octanol–water partition coefficient (Wildman–Crippen LogP) is 3.24. The van der Waals surface area contributed by atoms with Crippen LogP contribution in [0, 0.1) is 5.92 Å². The number of amides is 1. The second-order valence-electron chi connectivity index (χ2n) is 7.55. The number of rotatable bonds is 3. The Kier molecular flexibility index (Phi) is 4.38. The van der Waals surface area contributed by atoms with Crippen LogP contribution < -0.4 is 0 Å². The average molecular weight is 339 g/mol. The fourth-order valence-corrected chi connectivity index (χ4v) is 4.38. The Morgan fingerprint density at radius 2 is 1.68 bits per heavy atom. The number of aromatic hydroxyl groups is 1. The lowest BCUT2D eigenvalue weighted by Gasteiger charge is -2.33. The smallest absolute Gasteiger partial charge is 0.226 e. The molecule has 1 heterocycles. The Balaban J connectivity index is 1.44. The molecule has 0 aromatic heterocycles. The second kappa shape index (κ2) is 6.68. The molecule has 4 rings (SSSR count). The number of aliphatic hydroxyl groups excluding tert-OH is 1. The van der Waals surface area contributed by atoms with E-state index in [2.05, 4.69) is 17.0 Å². The molecule has 1 aliphatic heterocycles. The maximum atomic E-state index is 12.8. The average Bonchev–Trinajstić information content (AvgIpc) is 2.96. The summed E-state index contributed by atoms with van der Waals surface area (Å²) >= 11 is 0. The Morgan fingerprint density at radius 1 is 0.960 bits per heavy atom. The minimum atomic E-state index is -0.179. The van der Waals surface area contributed by atoms with Crippen molar-refractivity contribution >= 4 is 16.7 Å². The van der Waals surface area contributed by atoms with Crippen molar-refractivity contribution in [3.63, 3.8) is 0 Å². The van der Waals surface area contributed by atoms with Crippen molar-refractivity contribution in [1.29, 1.82) is 0 Å². The van der Waals surface area contributed by atoms with Gasteiger partial charge in [-0.05, 0) is 67.0 Å². The van der Waals surface area contributed by atoms with Crippen LogP contribution in [0.1, 0.15) is 37.7 Å². The molecule has 2 aromatic rings. The van der Waals surface area contributed by atoms with E-state index < -0.39 is 0 Å². The lowest BCUT2D eigenvalue weighted by Crippen LogP contribution is -2.41. The van der Waals surface area contributed by atoms with Crippen LogP contribution in [0.4, 0.5) is 0 Å². The molecule has 4 heteroatoms. The molecular weight excluding hydrogens is 314 g/mol. The van der Waals surface area contributed by atoms with Crippen LogP contribution >= 0.6 is 0 Å². The third kappa shape index (κ3) is 3.36. The maximum Gasteiger partial charge on any atom is 0.226 e. The monoisotopic (exact) mass is 339 g/mol. The van der Waals surface area contributed by atoms with Crippen molar-refractivity contribution in [3.8, 4) is 5.75 Å². The van der Waals surface area contributed by atoms with E-state index in [-0.39, 0.29) is 23.7 Å². The van der Waals surface area contributed by atoms with Gasteiger partial charge in [-0.1, -0.05) is 24.3 Å². The highest BCUT2D eigenvalue weighted by Crippen LogP contribution is 2.31. The SMILES string of the molecule is O=C1C(Cc2ccc3cc(O)ccc3c2)CCN1C1CCC(O)CC1. The molecule has 1 atom stereocenters. The number of carbonyl (C=O) groups excluding carboxylic acids is 1. The van der Waals surface area contributed by atoms with E-state index in [1.807, 2.05) is 12.1 Å². The minimum absolute atomic E-state index is 0.0708. The van der Waals surface area contributed by atoms with Crippen LogP contribution in [0.25, 0.3) is 10.8 Å². The van der Waals surface area contributed by atoms with Crippen LogP contribution in [0.2, 0.25) is 0 Å². The van der Waals surface area contributed by atoms with Crippen molar-refractivity contribution in [2.45, 2.75) is 50.7 Å². The van der Waals surface area contributed by atoms with Crippen molar-refractivity contribution in [3.05, 3.63) is 42.0 Å². The summed E-state index contributed by atoms with van der Waals surface area (Å²) in [6, 6.07) is 11.9. The van der Waals surface area contributed by atoms with Gasteiger partial charge in [-0.3, -0.25) is 4.79 Å². The van der Waals surface area contributed by atoms with Crippen molar-refractivity contribution < 1.29 is 15.0 Å². The highest BCUT2D eigenvalue weighted by Gasteiger charge is 2.37. The summed E-state index contributed by atoms with van der Waals surface area (Å²) in [7, 11) is 0. The Morgan fingerprint density at radius 3 is 2.48 bits per heavy atom. The number of hydrogen-bond acceptors (Lipinski definition) is 3. The summed E-state index contributed by atoms with van der Waals surface area (Å²) in [5.41, 5.74) is 1.18. The van der Waals surface area contributed by atoms with Gasteiger partial charge in [0, 0.05) is 18.5 Å². The molecule has 1 unspecified atom stereocenters. The van der Waals surface area contributed by atoms with Gasteiger partial charge in [0.25, 0.3) is 0 Å². The van der Waals surface area contributed by atoms with Gasteiger partial charge in [0.15, 0.2) is 0 Å². The quantitative estimate of drug-likeness (QED) is 0.902. The van der Waals surface area contributed by atoms with Gasteiger partial charge in [-0.2, -0.15) is 0 Å². The zero-order valence-electron chi connectivity index (χ0n) is 14.4. The Labute approximate surface area is 148 Å². The summed E-state index contributed by atoms with van der Waals surface area (Å²) < 4.78 is 0. The lowest BCUT2D eigenvalue weighted by atomic mass is 9.92. The summed E-state index contributed by atoms with van der Waals surface area (Å²) in [5, 5.41) is 21.3. The standard InChI is InChI=1S/C21H25NO3/c23-19-7-4-18(5-8-19)22-10-9-17(21(22)25)12-14-1-2-16-13-20(24)6-3-15(16)11-14/h1-3,6,11,13,17-19,23-24H,4-5,7-10,12H2. The Hall–Kier alpha value is -2.07. The zero-order valence-corrected chi connectivity index (χ0v) is 14.4. The van der Waals surface area contributed by atoms with Crippen LogP contribution in [0.3, 0.4) is 0 Å². The van der Waals surface area contributed by atoms with E-state index in [1.165, 1.54) is 5.56 Å². The van der Waals surface area contributed by atoms with Crippen LogP contribution in [0.15, 0.2) is 36.4 Å². The molecule has 25 heavy (non-hydrogen) atoms. The molecule has 2 aliphatic rings. The molecule has 1 amide bonds. The molecule has 4 nitrogen and oxygen atoms in total. The number of fused-ring (bicyclic) bond motifs is 1. The number of carbonyl (C=O) groups is 1. The first-order chi connectivity index (χ1) is 12.1. The van der Waals surface area contributed by atoms with Crippen LogP contribution in [-0.4, -0.2) is 39.7 Å². The van der Waals surface area contributed by atoms with E-state index in [9.17, 15) is 15.0 Å². The van der Waals surface area contributed by atoms with Gasteiger partial charge >= 0.3 is 0 Å². The molecule has 0 bridgehead atoms. The molecule has 2 N–H and O–H groups in total.